The third kappa shape index (κ3) is 0.922. The largest absolute Gasteiger partial charge is 0.366 e. The van der Waals surface area contributed by atoms with E-state index in [0.29, 0.717) is 24.9 Å². The predicted molar refractivity (Wildman–Crippen MR) is 42.9 cm³/mol. The molecule has 11 heavy (non-hydrogen) atoms. The van der Waals surface area contributed by atoms with Gasteiger partial charge in [-0.05, 0) is 13.1 Å². The van der Waals surface area contributed by atoms with Crippen molar-refractivity contribution in [3.8, 4) is 0 Å². The molecular formula is C8H14N2O. The first kappa shape index (κ1) is 7.28. The van der Waals surface area contributed by atoms with Gasteiger partial charge in [0, 0.05) is 11.8 Å². The molecule has 0 aromatic rings. The van der Waals surface area contributed by atoms with Crippen molar-refractivity contribution in [1.82, 2.24) is 0 Å². The molecule has 2 rings (SSSR count). The van der Waals surface area contributed by atoms with E-state index in [2.05, 4.69) is 12.2 Å². The smallest absolute Gasteiger partial charge is 0.0809 e. The van der Waals surface area contributed by atoms with Crippen LogP contribution in [0.5, 0.6) is 0 Å². The fourth-order valence-corrected chi connectivity index (χ4v) is 2.08. The normalized spacial score (nSPS) is 47.1. The van der Waals surface area contributed by atoms with E-state index in [1.54, 1.807) is 0 Å². The lowest BCUT2D eigenvalue weighted by Crippen LogP contribution is -2.35. The summed E-state index contributed by atoms with van der Waals surface area (Å²) in [6, 6.07) is 0. The SMILES string of the molecule is NCC1C2C=CC(O2)C1CN. The van der Waals surface area contributed by atoms with E-state index in [9.17, 15) is 0 Å². The number of hydrogen-bond donors (Lipinski definition) is 2. The second kappa shape index (κ2) is 2.59. The van der Waals surface area contributed by atoms with Crippen LogP contribution < -0.4 is 11.5 Å². The fraction of sp³-hybridized carbons (Fsp3) is 0.750. The molecular weight excluding hydrogens is 140 g/mol. The van der Waals surface area contributed by atoms with Crippen LogP contribution in [0.4, 0.5) is 0 Å². The molecule has 2 bridgehead atoms. The van der Waals surface area contributed by atoms with Crippen LogP contribution in [0.25, 0.3) is 0 Å². The molecule has 4 atom stereocenters. The third-order valence-electron chi connectivity index (χ3n) is 2.74. The van der Waals surface area contributed by atoms with Gasteiger partial charge in [0.2, 0.25) is 0 Å². The second-order valence-electron chi connectivity index (χ2n) is 3.25. The summed E-state index contributed by atoms with van der Waals surface area (Å²) in [6.07, 6.45) is 4.71. The molecule has 0 amide bonds. The molecule has 0 aliphatic carbocycles. The Morgan fingerprint density at radius 1 is 1.00 bits per heavy atom. The standard InChI is InChI=1S/C8H14N2O/c9-3-5-6(4-10)8-2-1-7(5)11-8/h1-2,5-8H,3-4,9-10H2. The topological polar surface area (TPSA) is 61.3 Å². The monoisotopic (exact) mass is 154 g/mol. The van der Waals surface area contributed by atoms with Crippen molar-refractivity contribution in [1.29, 1.82) is 0 Å². The summed E-state index contributed by atoms with van der Waals surface area (Å²) in [6.45, 7) is 1.38. The minimum Gasteiger partial charge on any atom is -0.366 e. The predicted octanol–water partition coefficient (Wildman–Crippen LogP) is -0.527. The lowest BCUT2D eigenvalue weighted by Gasteiger charge is -2.21. The fourth-order valence-electron chi connectivity index (χ4n) is 2.08. The zero-order valence-corrected chi connectivity index (χ0v) is 6.44. The Morgan fingerprint density at radius 2 is 1.45 bits per heavy atom. The molecule has 3 nitrogen and oxygen atoms in total. The maximum Gasteiger partial charge on any atom is 0.0809 e. The van der Waals surface area contributed by atoms with Crippen LogP contribution in [0, 0.1) is 11.8 Å². The molecule has 62 valence electrons. The summed E-state index contributed by atoms with van der Waals surface area (Å²) in [7, 11) is 0. The first-order valence-corrected chi connectivity index (χ1v) is 4.10. The lowest BCUT2D eigenvalue weighted by atomic mass is 9.83. The maximum absolute atomic E-state index is 5.62. The van der Waals surface area contributed by atoms with E-state index < -0.39 is 0 Å². The van der Waals surface area contributed by atoms with Gasteiger partial charge < -0.3 is 16.2 Å². The highest BCUT2D eigenvalue weighted by Crippen LogP contribution is 2.37. The van der Waals surface area contributed by atoms with Crippen LogP contribution in [0.15, 0.2) is 12.2 Å². The zero-order valence-electron chi connectivity index (χ0n) is 6.44. The van der Waals surface area contributed by atoms with Gasteiger partial charge in [0.1, 0.15) is 0 Å². The van der Waals surface area contributed by atoms with Gasteiger partial charge >= 0.3 is 0 Å². The molecule has 2 aliphatic heterocycles. The Bertz CT molecular complexity index is 163. The van der Waals surface area contributed by atoms with Crippen LogP contribution >= 0.6 is 0 Å². The van der Waals surface area contributed by atoms with Gasteiger partial charge in [0.25, 0.3) is 0 Å². The minimum atomic E-state index is 0.249. The summed E-state index contributed by atoms with van der Waals surface area (Å²) < 4.78 is 5.61. The van der Waals surface area contributed by atoms with Crippen LogP contribution in [-0.2, 0) is 4.74 Å². The molecule has 4 unspecified atom stereocenters. The van der Waals surface area contributed by atoms with E-state index in [4.69, 9.17) is 16.2 Å². The quantitative estimate of drug-likeness (QED) is 0.526. The van der Waals surface area contributed by atoms with Gasteiger partial charge in [-0.2, -0.15) is 0 Å². The van der Waals surface area contributed by atoms with Gasteiger partial charge in [-0.1, -0.05) is 12.2 Å². The second-order valence-corrected chi connectivity index (χ2v) is 3.25. The number of hydrogen-bond acceptors (Lipinski definition) is 3. The summed E-state index contributed by atoms with van der Waals surface area (Å²) in [5.74, 6) is 0.907. The van der Waals surface area contributed by atoms with E-state index >= 15 is 0 Å². The highest BCUT2D eigenvalue weighted by Gasteiger charge is 2.43. The Labute approximate surface area is 66.4 Å². The van der Waals surface area contributed by atoms with E-state index in [1.807, 2.05) is 0 Å². The molecule has 3 heteroatoms. The molecule has 0 radical (unpaired) electrons. The summed E-state index contributed by atoms with van der Waals surface area (Å²) >= 11 is 0. The van der Waals surface area contributed by atoms with E-state index in [-0.39, 0.29) is 12.2 Å². The maximum atomic E-state index is 5.62. The molecule has 4 N–H and O–H groups in total. The molecule has 0 saturated carbocycles. The number of ether oxygens (including phenoxy) is 1. The first-order valence-electron chi connectivity index (χ1n) is 4.10. The van der Waals surface area contributed by atoms with Crippen LogP contribution in [0.1, 0.15) is 0 Å². The molecule has 1 fully saturated rings. The van der Waals surface area contributed by atoms with E-state index in [1.165, 1.54) is 0 Å². The summed E-state index contributed by atoms with van der Waals surface area (Å²) in [5, 5.41) is 0. The van der Waals surface area contributed by atoms with Gasteiger partial charge in [-0.3, -0.25) is 0 Å². The van der Waals surface area contributed by atoms with Crippen molar-refractivity contribution in [3.63, 3.8) is 0 Å². The Balaban J connectivity index is 2.15. The molecule has 1 saturated heterocycles. The highest BCUT2D eigenvalue weighted by molar-refractivity contribution is 5.14. The molecule has 2 aliphatic rings. The Hall–Kier alpha value is -0.380. The highest BCUT2D eigenvalue weighted by atomic mass is 16.5. The Kier molecular flexibility index (Phi) is 1.71. The third-order valence-corrected chi connectivity index (χ3v) is 2.74. The molecule has 0 aromatic carbocycles. The lowest BCUT2D eigenvalue weighted by molar-refractivity contribution is 0.104. The summed E-state index contributed by atoms with van der Waals surface area (Å²) in [4.78, 5) is 0. The first-order chi connectivity index (χ1) is 5.36. The van der Waals surface area contributed by atoms with E-state index in [0.717, 1.165) is 0 Å². The van der Waals surface area contributed by atoms with Gasteiger partial charge in [-0.15, -0.1) is 0 Å². The number of fused-ring (bicyclic) bond motifs is 2. The van der Waals surface area contributed by atoms with Gasteiger partial charge in [0.15, 0.2) is 0 Å². The van der Waals surface area contributed by atoms with Crippen molar-refractivity contribution in [2.24, 2.45) is 23.3 Å². The van der Waals surface area contributed by atoms with Gasteiger partial charge in [0.05, 0.1) is 12.2 Å². The van der Waals surface area contributed by atoms with Crippen molar-refractivity contribution >= 4 is 0 Å². The van der Waals surface area contributed by atoms with Crippen LogP contribution in [0.3, 0.4) is 0 Å². The zero-order chi connectivity index (χ0) is 7.84. The minimum absolute atomic E-state index is 0.249. The van der Waals surface area contributed by atoms with Crippen LogP contribution in [0.2, 0.25) is 0 Å². The van der Waals surface area contributed by atoms with Crippen LogP contribution in [-0.4, -0.2) is 25.3 Å². The van der Waals surface area contributed by atoms with Crippen molar-refractivity contribution in [2.45, 2.75) is 12.2 Å². The Morgan fingerprint density at radius 3 is 1.82 bits per heavy atom. The average molecular weight is 154 g/mol. The summed E-state index contributed by atoms with van der Waals surface area (Å²) in [5.41, 5.74) is 11.2. The molecule has 2 heterocycles. The average Bonchev–Trinajstić information content (AvgIpc) is 2.60. The number of nitrogens with two attached hydrogens (primary N) is 2. The van der Waals surface area contributed by atoms with Gasteiger partial charge in [-0.25, -0.2) is 0 Å². The molecule has 0 aromatic heterocycles. The molecule has 0 spiro atoms. The van der Waals surface area contributed by atoms with Crippen molar-refractivity contribution in [3.05, 3.63) is 12.2 Å². The van der Waals surface area contributed by atoms with Crippen molar-refractivity contribution < 1.29 is 4.74 Å². The van der Waals surface area contributed by atoms with Crippen molar-refractivity contribution in [2.75, 3.05) is 13.1 Å². The number of rotatable bonds is 2.